The molecule has 36 heavy (non-hydrogen) atoms. The number of sulfonamides is 1. The highest BCUT2D eigenvalue weighted by Crippen LogP contribution is 2.37. The van der Waals surface area contributed by atoms with Gasteiger partial charge in [-0.15, -0.1) is 11.3 Å². The molecule has 2 aliphatic heterocycles. The van der Waals surface area contributed by atoms with Crippen molar-refractivity contribution in [3.63, 3.8) is 0 Å². The Kier molecular flexibility index (Phi) is 7.23. The maximum absolute atomic E-state index is 13.5. The van der Waals surface area contributed by atoms with E-state index < -0.39 is 20.7 Å². The van der Waals surface area contributed by atoms with Gasteiger partial charge in [-0.25, -0.2) is 18.2 Å². The molecule has 0 aliphatic carbocycles. The highest BCUT2D eigenvalue weighted by Gasteiger charge is 2.54. The lowest BCUT2D eigenvalue weighted by molar-refractivity contribution is -0.134. The van der Waals surface area contributed by atoms with E-state index in [1.807, 2.05) is 18.3 Å². The zero-order chi connectivity index (χ0) is 25.2. The predicted molar refractivity (Wildman–Crippen MR) is 138 cm³/mol. The lowest BCUT2D eigenvalue weighted by Gasteiger charge is -2.40. The molecule has 3 aromatic rings. The number of benzene rings is 1. The lowest BCUT2D eigenvalue weighted by atomic mass is 9.93. The van der Waals surface area contributed by atoms with E-state index in [-0.39, 0.29) is 32.0 Å². The van der Waals surface area contributed by atoms with Gasteiger partial charge in [-0.05, 0) is 41.5 Å². The number of amides is 1. The zero-order valence-electron chi connectivity index (χ0n) is 19.8. The van der Waals surface area contributed by atoms with Crippen LogP contribution in [-0.4, -0.2) is 59.9 Å². The summed E-state index contributed by atoms with van der Waals surface area (Å²) in [5.74, 6) is -0.738. The maximum atomic E-state index is 13.5. The number of hydrogen-bond acceptors (Lipinski definition) is 7. The molecule has 0 radical (unpaired) electrons. The van der Waals surface area contributed by atoms with E-state index in [4.69, 9.17) is 9.72 Å². The Morgan fingerprint density at radius 3 is 2.28 bits per heavy atom. The number of piperidine rings is 1. The number of hydroxylamine groups is 1. The number of rotatable bonds is 6. The SMILES string of the molecule is O=C(NO)C1(S(=O)(=O)N2CCC(c3ccc(-c4ccc(-c5cccs5)cc4)cn3)CC2)CCOCC1. The van der Waals surface area contributed by atoms with Gasteiger partial charge >= 0.3 is 0 Å². The molecule has 0 bridgehead atoms. The third kappa shape index (κ3) is 4.59. The van der Waals surface area contributed by atoms with E-state index in [1.54, 1.807) is 16.8 Å². The van der Waals surface area contributed by atoms with Crippen LogP contribution in [0.2, 0.25) is 0 Å². The summed E-state index contributed by atoms with van der Waals surface area (Å²) in [5, 5.41) is 11.3. The number of carbonyl (C=O) groups is 1. The van der Waals surface area contributed by atoms with Crippen molar-refractivity contribution in [1.29, 1.82) is 0 Å². The van der Waals surface area contributed by atoms with Crippen molar-refractivity contribution in [3.8, 4) is 21.6 Å². The molecule has 2 saturated heterocycles. The predicted octanol–water partition coefficient (Wildman–Crippen LogP) is 4.04. The second-order valence-corrected chi connectivity index (χ2v) is 12.4. The molecule has 0 spiro atoms. The Morgan fingerprint density at radius 1 is 1.03 bits per heavy atom. The number of ether oxygens (including phenoxy) is 1. The quantitative estimate of drug-likeness (QED) is 0.370. The number of nitrogens with zero attached hydrogens (tertiary/aromatic N) is 2. The highest BCUT2D eigenvalue weighted by atomic mass is 32.2. The van der Waals surface area contributed by atoms with Crippen LogP contribution in [0.3, 0.4) is 0 Å². The third-order valence-corrected chi connectivity index (χ3v) is 10.9. The first-order chi connectivity index (χ1) is 17.4. The zero-order valence-corrected chi connectivity index (χ0v) is 21.4. The Bertz CT molecular complexity index is 1280. The standard InChI is InChI=1S/C26H29N3O5S2/c30-25(28-31)26(11-15-34-16-12-26)36(32,33)29-13-9-20(10-14-29)23-8-7-22(18-27-23)19-3-5-21(6-4-19)24-2-1-17-35-24/h1-8,17-18,20,31H,9-16H2,(H,28,30). The van der Waals surface area contributed by atoms with Crippen LogP contribution in [-0.2, 0) is 19.6 Å². The van der Waals surface area contributed by atoms with Gasteiger partial charge in [-0.1, -0.05) is 36.4 Å². The van der Waals surface area contributed by atoms with Gasteiger partial charge in [-0.3, -0.25) is 15.0 Å². The van der Waals surface area contributed by atoms with Gasteiger partial charge < -0.3 is 4.74 Å². The summed E-state index contributed by atoms with van der Waals surface area (Å²) in [5.41, 5.74) is 5.84. The summed E-state index contributed by atoms with van der Waals surface area (Å²) < 4.78 is 32.0. The average molecular weight is 528 g/mol. The second kappa shape index (κ2) is 10.4. The van der Waals surface area contributed by atoms with E-state index >= 15 is 0 Å². The molecule has 190 valence electrons. The lowest BCUT2D eigenvalue weighted by Crippen LogP contribution is -2.60. The molecule has 2 aromatic heterocycles. The molecule has 0 saturated carbocycles. The number of nitrogens with one attached hydrogen (secondary N) is 1. The van der Waals surface area contributed by atoms with Gasteiger partial charge in [0.2, 0.25) is 10.0 Å². The van der Waals surface area contributed by atoms with Crippen molar-refractivity contribution in [2.75, 3.05) is 26.3 Å². The summed E-state index contributed by atoms with van der Waals surface area (Å²) in [6.07, 6.45) is 3.17. The minimum Gasteiger partial charge on any atom is -0.381 e. The van der Waals surface area contributed by atoms with Gasteiger partial charge in [0.25, 0.3) is 5.91 Å². The van der Waals surface area contributed by atoms with E-state index in [0.29, 0.717) is 25.9 Å². The molecular weight excluding hydrogens is 498 g/mol. The minimum absolute atomic E-state index is 0.0268. The molecule has 2 fully saturated rings. The summed E-state index contributed by atoms with van der Waals surface area (Å²) in [7, 11) is -3.96. The van der Waals surface area contributed by atoms with Gasteiger partial charge in [0.15, 0.2) is 4.75 Å². The van der Waals surface area contributed by atoms with Crippen LogP contribution in [0.1, 0.15) is 37.3 Å². The van der Waals surface area contributed by atoms with Crippen LogP contribution in [0.5, 0.6) is 0 Å². The molecule has 5 rings (SSSR count). The molecule has 4 heterocycles. The second-order valence-electron chi connectivity index (χ2n) is 9.25. The fourth-order valence-electron chi connectivity index (χ4n) is 5.13. The van der Waals surface area contributed by atoms with Gasteiger partial charge in [0, 0.05) is 67.4 Å². The van der Waals surface area contributed by atoms with Crippen molar-refractivity contribution in [3.05, 3.63) is 65.8 Å². The number of pyridine rings is 1. The highest BCUT2D eigenvalue weighted by molar-refractivity contribution is 7.91. The van der Waals surface area contributed by atoms with E-state index in [9.17, 15) is 18.4 Å². The third-order valence-electron chi connectivity index (χ3n) is 7.33. The Balaban J connectivity index is 1.25. The van der Waals surface area contributed by atoms with Crippen LogP contribution in [0, 0.1) is 0 Å². The molecule has 1 amide bonds. The molecule has 1 aromatic carbocycles. The van der Waals surface area contributed by atoms with Gasteiger partial charge in [0.1, 0.15) is 0 Å². The monoisotopic (exact) mass is 527 g/mol. The van der Waals surface area contributed by atoms with Crippen molar-refractivity contribution in [2.24, 2.45) is 0 Å². The van der Waals surface area contributed by atoms with Crippen LogP contribution < -0.4 is 5.48 Å². The Labute approximate surface area is 215 Å². The van der Waals surface area contributed by atoms with E-state index in [1.165, 1.54) is 14.7 Å². The number of hydrogen-bond donors (Lipinski definition) is 2. The number of carbonyl (C=O) groups excluding carboxylic acids is 1. The summed E-state index contributed by atoms with van der Waals surface area (Å²) in [6.45, 7) is 0.941. The molecular formula is C26H29N3O5S2. The first kappa shape index (κ1) is 25.0. The van der Waals surface area contributed by atoms with Crippen LogP contribution >= 0.6 is 11.3 Å². The molecule has 2 N–H and O–H groups in total. The fourth-order valence-corrected chi connectivity index (χ4v) is 8.01. The average Bonchev–Trinajstić information content (AvgIpc) is 3.48. The van der Waals surface area contributed by atoms with Crippen LogP contribution in [0.25, 0.3) is 21.6 Å². The molecule has 0 unspecified atom stereocenters. The summed E-state index contributed by atoms with van der Waals surface area (Å²) >= 11 is 1.72. The van der Waals surface area contributed by atoms with Crippen molar-refractivity contribution >= 4 is 27.3 Å². The van der Waals surface area contributed by atoms with Gasteiger partial charge in [-0.2, -0.15) is 0 Å². The van der Waals surface area contributed by atoms with Crippen LogP contribution in [0.4, 0.5) is 0 Å². The first-order valence-electron chi connectivity index (χ1n) is 12.1. The van der Waals surface area contributed by atoms with Crippen molar-refractivity contribution < 1.29 is 23.2 Å². The normalized spacial score (nSPS) is 19.1. The fraction of sp³-hybridized carbons (Fsp3) is 0.385. The summed E-state index contributed by atoms with van der Waals surface area (Å²) in [6, 6.07) is 16.7. The van der Waals surface area contributed by atoms with Crippen molar-refractivity contribution in [2.45, 2.75) is 36.3 Å². The van der Waals surface area contributed by atoms with Crippen LogP contribution in [0.15, 0.2) is 60.1 Å². The number of aromatic nitrogens is 1. The molecule has 8 nitrogen and oxygen atoms in total. The largest absolute Gasteiger partial charge is 0.381 e. The summed E-state index contributed by atoms with van der Waals surface area (Å²) in [4.78, 5) is 18.4. The number of thiophene rings is 1. The van der Waals surface area contributed by atoms with E-state index in [0.717, 1.165) is 16.8 Å². The Hall–Kier alpha value is -2.63. The smallest absolute Gasteiger partial charge is 0.266 e. The van der Waals surface area contributed by atoms with E-state index in [2.05, 4.69) is 41.8 Å². The maximum Gasteiger partial charge on any atom is 0.266 e. The molecule has 0 atom stereocenters. The molecule has 10 heteroatoms. The van der Waals surface area contributed by atoms with Crippen molar-refractivity contribution in [1.82, 2.24) is 14.8 Å². The topological polar surface area (TPSA) is 109 Å². The first-order valence-corrected chi connectivity index (χ1v) is 14.4. The van der Waals surface area contributed by atoms with Gasteiger partial charge in [0.05, 0.1) is 0 Å². The Morgan fingerprint density at radius 2 is 1.69 bits per heavy atom. The molecule has 2 aliphatic rings. The minimum atomic E-state index is -3.96.